The molecule has 0 aliphatic rings. The molecule has 13 heteroatoms. The molecule has 0 heterocycles. The first kappa shape index (κ1) is 29.4. The van der Waals surface area contributed by atoms with Gasteiger partial charge in [0, 0.05) is 32.8 Å². The summed E-state index contributed by atoms with van der Waals surface area (Å²) in [6.45, 7) is 8.13. The fourth-order valence-electron chi connectivity index (χ4n) is 3.33. The number of aliphatic hydroxyl groups excluding tert-OH is 1. The molecule has 1 atom stereocenters. The molecule has 0 aliphatic carbocycles. The van der Waals surface area contributed by atoms with Crippen LogP contribution in [0, 0.1) is 5.92 Å². The molecule has 2 radical (unpaired) electrons. The minimum absolute atomic E-state index is 0.110. The van der Waals surface area contributed by atoms with Gasteiger partial charge in [-0.3, -0.25) is 4.79 Å². The average molecular weight is 424 g/mol. The predicted octanol–water partition coefficient (Wildman–Crippen LogP) is -1.05. The van der Waals surface area contributed by atoms with Crippen LogP contribution in [0.25, 0.3) is 0 Å². The highest BCUT2D eigenvalue weighted by molar-refractivity contribution is 6.56. The Balaban J connectivity index is 4.94. The summed E-state index contributed by atoms with van der Waals surface area (Å²) in [5, 5.41) is 43.6. The van der Waals surface area contributed by atoms with E-state index in [1.165, 1.54) is 0 Å². The molecule has 1 amide bonds. The van der Waals surface area contributed by atoms with Crippen molar-refractivity contribution in [3.63, 3.8) is 0 Å². The van der Waals surface area contributed by atoms with Gasteiger partial charge < -0.3 is 40.3 Å². The maximum atomic E-state index is 11.9. The van der Waals surface area contributed by atoms with Crippen molar-refractivity contribution in [1.29, 1.82) is 0 Å². The van der Waals surface area contributed by atoms with Gasteiger partial charge in [0.1, 0.15) is 0 Å². The summed E-state index contributed by atoms with van der Waals surface area (Å²) < 4.78 is 0. The molecule has 0 saturated heterocycles. The Morgan fingerprint density at radius 3 is 2.00 bits per heavy atom. The second-order valence-corrected chi connectivity index (χ2v) is 7.96. The maximum absolute atomic E-state index is 11.9. The molecule has 0 aromatic rings. The van der Waals surface area contributed by atoms with Gasteiger partial charge in [-0.2, -0.15) is 0 Å². The Bertz CT molecular complexity index is 439. The number of amides is 1. The second-order valence-electron chi connectivity index (χ2n) is 7.96. The van der Waals surface area contributed by atoms with Crippen molar-refractivity contribution < 1.29 is 25.0 Å². The van der Waals surface area contributed by atoms with Crippen molar-refractivity contribution in [1.82, 2.24) is 20.2 Å². The van der Waals surface area contributed by atoms with E-state index < -0.39 is 27.0 Å². The quantitative estimate of drug-likeness (QED) is 0.115. The summed E-state index contributed by atoms with van der Waals surface area (Å²) >= 11 is 0. The molecule has 0 aliphatic heterocycles. The van der Waals surface area contributed by atoms with Crippen LogP contribution in [0.5, 0.6) is 0 Å². The van der Waals surface area contributed by atoms with Crippen molar-refractivity contribution in [2.75, 3.05) is 45.9 Å². The van der Waals surface area contributed by atoms with E-state index in [0.717, 1.165) is 32.1 Å². The van der Waals surface area contributed by atoms with E-state index in [1.54, 1.807) is 25.4 Å². The highest BCUT2D eigenvalue weighted by Gasteiger charge is 2.23. The lowest BCUT2D eigenvalue weighted by atomic mass is 9.82. The van der Waals surface area contributed by atoms with Gasteiger partial charge in [-0.05, 0) is 52.3 Å². The van der Waals surface area contributed by atoms with Crippen LogP contribution >= 0.6 is 0 Å². The zero-order valence-electron chi connectivity index (χ0n) is 19.0. The lowest BCUT2D eigenvalue weighted by Gasteiger charge is -2.32. The lowest BCUT2D eigenvalue weighted by molar-refractivity contribution is 0.197. The third-order valence-electron chi connectivity index (χ3n) is 4.99. The van der Waals surface area contributed by atoms with Gasteiger partial charge in [0.05, 0.1) is 0 Å². The monoisotopic (exact) mass is 424 g/mol. The number of unbranched alkanes of at least 4 members (excludes halogenated alkanes) is 3. The first-order chi connectivity index (χ1) is 14.2. The number of nitrogens with zero attached hydrogens (tertiary/aromatic N) is 2. The smallest absolute Gasteiger partial charge is 0.376 e. The Morgan fingerprint density at radius 2 is 1.50 bits per heavy atom. The maximum Gasteiger partial charge on any atom is 0.376 e. The number of hydrogen-bond acceptors (Lipinski definition) is 8. The number of aliphatic hydroxyl groups is 1. The van der Waals surface area contributed by atoms with Crippen molar-refractivity contribution >= 4 is 34.8 Å². The number of nitrogens with one attached hydrogen (secondary N) is 2. The van der Waals surface area contributed by atoms with Gasteiger partial charge in [0.2, 0.25) is 7.85 Å². The van der Waals surface area contributed by atoms with E-state index in [-0.39, 0.29) is 12.5 Å². The topological polar surface area (TPSA) is 129 Å². The minimum atomic E-state index is -0.658. The molecule has 0 spiro atoms. The third-order valence-corrected chi connectivity index (χ3v) is 4.99. The standard InChI is InChI=1S/C17H40B4N4O5/c1-19(28)22-9-11-24(17(18)27)14-16(8-6-4-5-7-13-26)15-25(21(3)30)12-10-23-20(2)29/h16,22-23,26,28-30H,4-15H2,1-3H3. The zero-order chi connectivity index (χ0) is 22.9. The summed E-state index contributed by atoms with van der Waals surface area (Å²) in [7, 11) is 3.64. The van der Waals surface area contributed by atoms with Gasteiger partial charge in [-0.15, -0.1) is 0 Å². The molecular weight excluding hydrogens is 383 g/mol. The van der Waals surface area contributed by atoms with Crippen LogP contribution in [0.2, 0.25) is 20.5 Å². The summed E-state index contributed by atoms with van der Waals surface area (Å²) in [5.41, 5.74) is 0. The predicted molar refractivity (Wildman–Crippen MR) is 125 cm³/mol. The normalized spacial score (nSPS) is 12.1. The van der Waals surface area contributed by atoms with Crippen LogP contribution in [0.15, 0.2) is 0 Å². The van der Waals surface area contributed by atoms with E-state index in [1.807, 2.05) is 4.81 Å². The number of rotatable bonds is 19. The molecule has 0 aromatic heterocycles. The molecular formula is C17H40B4N4O5. The van der Waals surface area contributed by atoms with E-state index in [4.69, 9.17) is 13.0 Å². The van der Waals surface area contributed by atoms with Crippen molar-refractivity contribution in [2.24, 2.45) is 5.92 Å². The lowest BCUT2D eigenvalue weighted by Crippen LogP contribution is -2.48. The van der Waals surface area contributed by atoms with Crippen LogP contribution in [0.4, 0.5) is 4.79 Å². The van der Waals surface area contributed by atoms with E-state index in [9.17, 15) is 19.9 Å². The molecule has 0 rings (SSSR count). The fourth-order valence-corrected chi connectivity index (χ4v) is 3.33. The van der Waals surface area contributed by atoms with E-state index in [2.05, 4.69) is 10.5 Å². The van der Waals surface area contributed by atoms with Crippen molar-refractivity contribution in [3.8, 4) is 0 Å². The summed E-state index contributed by atoms with van der Waals surface area (Å²) in [4.78, 5) is 15.4. The summed E-state index contributed by atoms with van der Waals surface area (Å²) in [6.07, 6.45) is 4.57. The number of hydrogen-bond donors (Lipinski definition) is 6. The Morgan fingerprint density at radius 1 is 0.933 bits per heavy atom. The molecule has 0 aromatic carbocycles. The van der Waals surface area contributed by atoms with Crippen LogP contribution in [0.3, 0.4) is 0 Å². The van der Waals surface area contributed by atoms with Crippen LogP contribution in [-0.4, -0.2) is 111 Å². The van der Waals surface area contributed by atoms with Crippen LogP contribution in [-0.2, 0) is 0 Å². The zero-order valence-corrected chi connectivity index (χ0v) is 19.0. The van der Waals surface area contributed by atoms with Crippen molar-refractivity contribution in [3.05, 3.63) is 0 Å². The highest BCUT2D eigenvalue weighted by atomic mass is 16.3. The van der Waals surface area contributed by atoms with Gasteiger partial charge >= 0.3 is 21.2 Å². The highest BCUT2D eigenvalue weighted by Crippen LogP contribution is 2.15. The van der Waals surface area contributed by atoms with Crippen LogP contribution < -0.4 is 10.5 Å². The van der Waals surface area contributed by atoms with Gasteiger partial charge in [0.15, 0.2) is 5.81 Å². The molecule has 0 saturated carbocycles. The number of carbonyl (C=O) groups is 1. The Labute approximate surface area is 184 Å². The summed E-state index contributed by atoms with van der Waals surface area (Å²) in [6, 6.07) is 0. The minimum Gasteiger partial charge on any atom is -0.437 e. The molecule has 6 N–H and O–H groups in total. The van der Waals surface area contributed by atoms with E-state index >= 15 is 0 Å². The fraction of sp³-hybridized carbons (Fsp3) is 0.941. The SMILES string of the molecule is [B]C(=O)N(CCNB(C)O)CC(CCCCCCO)CN(CCNB(C)O)B(C)O. The van der Waals surface area contributed by atoms with Gasteiger partial charge in [0.25, 0.3) is 0 Å². The van der Waals surface area contributed by atoms with Crippen molar-refractivity contribution in [2.45, 2.75) is 52.6 Å². The molecule has 30 heavy (non-hydrogen) atoms. The Hall–Kier alpha value is -0.550. The third kappa shape index (κ3) is 16.2. The molecule has 9 nitrogen and oxygen atoms in total. The first-order valence-corrected chi connectivity index (χ1v) is 11.1. The average Bonchev–Trinajstić information content (AvgIpc) is 2.64. The Kier molecular flexibility index (Phi) is 17.7. The van der Waals surface area contributed by atoms with Crippen LogP contribution in [0.1, 0.15) is 32.1 Å². The second kappa shape index (κ2) is 18.1. The molecule has 0 bridgehead atoms. The molecule has 170 valence electrons. The first-order valence-electron chi connectivity index (χ1n) is 11.1. The van der Waals surface area contributed by atoms with E-state index in [0.29, 0.717) is 39.3 Å². The summed E-state index contributed by atoms with van der Waals surface area (Å²) in [5.74, 6) is -0.397. The van der Waals surface area contributed by atoms with Gasteiger partial charge in [-0.1, -0.05) is 19.3 Å². The largest absolute Gasteiger partial charge is 0.437 e. The molecule has 1 unspecified atom stereocenters. The van der Waals surface area contributed by atoms with Gasteiger partial charge in [-0.25, -0.2) is 0 Å². The molecule has 0 fully saturated rings. The number of carbonyl (C=O) groups excluding carboxylic acids is 1.